The number of benzene rings is 6. The third-order valence-corrected chi connectivity index (χ3v) is 10.9. The average molecular weight is 768 g/mol. The van der Waals surface area contributed by atoms with E-state index in [0.29, 0.717) is 11.3 Å². The Kier molecular flexibility index (Phi) is 12.4. The Labute approximate surface area is 326 Å². The molecule has 0 aliphatic heterocycles. The third kappa shape index (κ3) is 9.75. The second-order valence-corrected chi connectivity index (χ2v) is 15.3. The van der Waals surface area contributed by atoms with Crippen molar-refractivity contribution < 1.29 is 32.3 Å². The van der Waals surface area contributed by atoms with Crippen LogP contribution in [-0.4, -0.2) is 44.1 Å². The van der Waals surface area contributed by atoms with Crippen LogP contribution in [0.15, 0.2) is 157 Å². The predicted octanol–water partition coefficient (Wildman–Crippen LogP) is 7.55. The van der Waals surface area contributed by atoms with E-state index in [9.17, 15) is 22.8 Å². The summed E-state index contributed by atoms with van der Waals surface area (Å²) in [5.41, 5.74) is 11.3. The van der Waals surface area contributed by atoms with Crippen molar-refractivity contribution in [2.45, 2.75) is 31.6 Å². The highest BCUT2D eigenvalue weighted by Crippen LogP contribution is 2.30. The first kappa shape index (κ1) is 39.1. The number of anilines is 1. The van der Waals surface area contributed by atoms with E-state index in [1.54, 1.807) is 48.5 Å². The number of likely N-dealkylation sites (N-methyl/N-ethyl adjacent to an activating group) is 1. The first-order valence-electron chi connectivity index (χ1n) is 17.8. The first-order valence-corrected chi connectivity index (χ1v) is 19.3. The van der Waals surface area contributed by atoms with E-state index in [2.05, 4.69) is 0 Å². The minimum Gasteiger partial charge on any atom is -0.488 e. The van der Waals surface area contributed by atoms with Gasteiger partial charge in [0, 0.05) is 24.4 Å². The number of hydrogen-bond acceptors (Lipinski definition) is 7. The Morgan fingerprint density at radius 1 is 0.661 bits per heavy atom. The summed E-state index contributed by atoms with van der Waals surface area (Å²) in [6.45, 7) is 1.62. The molecule has 0 saturated carbocycles. The number of amides is 2. The summed E-state index contributed by atoms with van der Waals surface area (Å²) in [7, 11) is -2.65. The molecule has 0 aliphatic carbocycles. The van der Waals surface area contributed by atoms with Gasteiger partial charge in [0.05, 0.1) is 18.0 Å². The minimum atomic E-state index is -4.01. The van der Waals surface area contributed by atoms with Crippen LogP contribution in [0.3, 0.4) is 0 Å². The number of rotatable bonds is 15. The van der Waals surface area contributed by atoms with Gasteiger partial charge in [-0.25, -0.2) is 13.2 Å². The van der Waals surface area contributed by atoms with Crippen molar-refractivity contribution in [3.05, 3.63) is 185 Å². The van der Waals surface area contributed by atoms with Gasteiger partial charge in [-0.15, -0.1) is 0 Å². The van der Waals surface area contributed by atoms with E-state index in [0.717, 1.165) is 37.7 Å². The number of nitrogens with zero attached hydrogens (tertiary/aromatic N) is 2. The van der Waals surface area contributed by atoms with Crippen molar-refractivity contribution in [2.75, 3.05) is 18.5 Å². The Bertz CT molecular complexity index is 2420. The Morgan fingerprint density at radius 2 is 1.30 bits per heavy atom. The molecule has 6 aromatic carbocycles. The smallest absolute Gasteiger partial charge is 0.342 e. The number of carbonyl (C=O) groups is 3. The molecule has 6 rings (SSSR count). The molecular formula is C45H41N3O7S. The van der Waals surface area contributed by atoms with Gasteiger partial charge in [0.25, 0.3) is 0 Å². The van der Waals surface area contributed by atoms with Crippen LogP contribution in [0.1, 0.15) is 43.0 Å². The fraction of sp³-hybridized carbons (Fsp3) is 0.133. The van der Waals surface area contributed by atoms with E-state index in [1.807, 2.05) is 97.9 Å². The molecule has 6 aromatic rings. The lowest BCUT2D eigenvalue weighted by Gasteiger charge is -2.27. The molecule has 0 aromatic heterocycles. The first-order chi connectivity index (χ1) is 27.0. The highest BCUT2D eigenvalue weighted by Gasteiger charge is 2.27. The van der Waals surface area contributed by atoms with Crippen LogP contribution in [0.4, 0.5) is 5.69 Å². The van der Waals surface area contributed by atoms with Crippen LogP contribution in [0.25, 0.3) is 11.1 Å². The van der Waals surface area contributed by atoms with Crippen LogP contribution in [0.5, 0.6) is 5.75 Å². The fourth-order valence-corrected chi connectivity index (χ4v) is 7.04. The highest BCUT2D eigenvalue weighted by molar-refractivity contribution is 7.89. The molecule has 0 heterocycles. The molecule has 0 radical (unpaired) electrons. The second-order valence-electron chi connectivity index (χ2n) is 13.2. The van der Waals surface area contributed by atoms with Gasteiger partial charge >= 0.3 is 5.97 Å². The van der Waals surface area contributed by atoms with Gasteiger partial charge in [-0.2, -0.15) is 4.31 Å². The van der Waals surface area contributed by atoms with Crippen molar-refractivity contribution in [2.24, 2.45) is 5.73 Å². The van der Waals surface area contributed by atoms with E-state index in [4.69, 9.17) is 15.2 Å². The molecule has 0 atom stereocenters. The summed E-state index contributed by atoms with van der Waals surface area (Å²) in [4.78, 5) is 41.1. The number of hydrogen-bond donors (Lipinski definition) is 1. The minimum absolute atomic E-state index is 0.0504. The summed E-state index contributed by atoms with van der Waals surface area (Å²) in [5.74, 6) is -1.47. The van der Waals surface area contributed by atoms with Gasteiger partial charge in [-0.05, 0) is 71.1 Å². The van der Waals surface area contributed by atoms with Crippen LogP contribution in [0, 0.1) is 6.92 Å². The molecule has 2 N–H and O–H groups in total. The van der Waals surface area contributed by atoms with E-state index in [-0.39, 0.29) is 36.0 Å². The van der Waals surface area contributed by atoms with Gasteiger partial charge in [-0.1, -0.05) is 115 Å². The summed E-state index contributed by atoms with van der Waals surface area (Å²) < 4.78 is 40.0. The topological polar surface area (TPSA) is 136 Å². The maximum atomic E-state index is 14.3. The molecule has 0 unspecified atom stereocenters. The van der Waals surface area contributed by atoms with Crippen LogP contribution >= 0.6 is 0 Å². The van der Waals surface area contributed by atoms with Crippen LogP contribution in [-0.2, 0) is 39.3 Å². The molecular weight excluding hydrogens is 727 g/mol. The standard InChI is InChI=1S/C45H41N3O7S/c1-32-16-23-40(24-17-32)56(52,53)47(2)29-43(49)48(28-33-18-20-36(21-19-33)37-14-9-15-38(26-37)44(46)50)39-22-25-41(45(51)55-31-35-12-7-4-8-13-35)42(27-39)54-30-34-10-5-3-6-11-34/h3-27H,28-31H2,1-2H3,(H2,46,50). The zero-order valence-electron chi connectivity index (χ0n) is 31.0. The SMILES string of the molecule is Cc1ccc(S(=O)(=O)N(C)CC(=O)N(Cc2ccc(-c3cccc(C(N)=O)c3)cc2)c2ccc(C(=O)OCc3ccccc3)c(OCc3ccccc3)c2)cc1. The number of esters is 1. The molecule has 0 spiro atoms. The van der Waals surface area contributed by atoms with E-state index < -0.39 is 34.4 Å². The number of aryl methyl sites for hydroxylation is 1. The molecule has 0 bridgehead atoms. The Morgan fingerprint density at radius 3 is 1.95 bits per heavy atom. The normalized spacial score (nSPS) is 11.2. The van der Waals surface area contributed by atoms with Crippen molar-refractivity contribution in [3.63, 3.8) is 0 Å². The lowest BCUT2D eigenvalue weighted by molar-refractivity contribution is -0.118. The van der Waals surface area contributed by atoms with Gasteiger partial charge in [0.15, 0.2) is 0 Å². The number of sulfonamides is 1. The maximum Gasteiger partial charge on any atom is 0.342 e. The van der Waals surface area contributed by atoms with Crippen molar-refractivity contribution >= 4 is 33.5 Å². The van der Waals surface area contributed by atoms with Gasteiger partial charge < -0.3 is 20.1 Å². The molecule has 0 saturated heterocycles. The number of primary amides is 1. The monoisotopic (exact) mass is 767 g/mol. The quantitative estimate of drug-likeness (QED) is 0.107. The predicted molar refractivity (Wildman–Crippen MR) is 215 cm³/mol. The lowest BCUT2D eigenvalue weighted by Crippen LogP contribution is -2.41. The molecule has 284 valence electrons. The lowest BCUT2D eigenvalue weighted by atomic mass is 10.0. The number of carbonyl (C=O) groups excluding carboxylic acids is 3. The largest absolute Gasteiger partial charge is 0.488 e. The maximum absolute atomic E-state index is 14.3. The Balaban J connectivity index is 1.34. The molecule has 56 heavy (non-hydrogen) atoms. The zero-order chi connectivity index (χ0) is 39.7. The summed E-state index contributed by atoms with van der Waals surface area (Å²) in [6.07, 6.45) is 0. The van der Waals surface area contributed by atoms with Crippen molar-refractivity contribution in [3.8, 4) is 16.9 Å². The van der Waals surface area contributed by atoms with Crippen LogP contribution < -0.4 is 15.4 Å². The zero-order valence-corrected chi connectivity index (χ0v) is 31.8. The summed E-state index contributed by atoms with van der Waals surface area (Å²) in [6, 6.07) is 44.3. The van der Waals surface area contributed by atoms with Crippen molar-refractivity contribution in [1.82, 2.24) is 4.31 Å². The third-order valence-electron chi connectivity index (χ3n) is 9.11. The summed E-state index contributed by atoms with van der Waals surface area (Å²) >= 11 is 0. The highest BCUT2D eigenvalue weighted by atomic mass is 32.2. The summed E-state index contributed by atoms with van der Waals surface area (Å²) in [5, 5.41) is 0. The fourth-order valence-electron chi connectivity index (χ4n) is 5.91. The second kappa shape index (κ2) is 17.7. The molecule has 11 heteroatoms. The van der Waals surface area contributed by atoms with Gasteiger partial charge in [0.1, 0.15) is 24.5 Å². The number of ether oxygens (including phenoxy) is 2. The molecule has 2 amide bonds. The molecule has 10 nitrogen and oxygen atoms in total. The number of nitrogens with two attached hydrogens (primary N) is 1. The van der Waals surface area contributed by atoms with Crippen molar-refractivity contribution in [1.29, 1.82) is 0 Å². The molecule has 0 aliphatic rings. The molecule has 0 fully saturated rings. The van der Waals surface area contributed by atoms with Gasteiger partial charge in [0.2, 0.25) is 21.8 Å². The van der Waals surface area contributed by atoms with Crippen LogP contribution in [0.2, 0.25) is 0 Å². The van der Waals surface area contributed by atoms with Gasteiger partial charge in [-0.3, -0.25) is 9.59 Å². The Hall–Kier alpha value is -6.56. The van der Waals surface area contributed by atoms with E-state index in [1.165, 1.54) is 24.1 Å². The average Bonchev–Trinajstić information content (AvgIpc) is 3.22. The van der Waals surface area contributed by atoms with E-state index >= 15 is 0 Å².